The van der Waals surface area contributed by atoms with E-state index in [0.717, 1.165) is 0 Å². The van der Waals surface area contributed by atoms with Crippen molar-refractivity contribution in [1.82, 2.24) is 0 Å². The first-order chi connectivity index (χ1) is 23.8. The van der Waals surface area contributed by atoms with Gasteiger partial charge in [0.1, 0.15) is 0 Å². The Kier molecular flexibility index (Phi) is 4.07. The van der Waals surface area contributed by atoms with Crippen LogP contribution in [-0.2, 0) is 4.79 Å². The van der Waals surface area contributed by atoms with Crippen molar-refractivity contribution in [2.45, 2.75) is 23.7 Å². The van der Waals surface area contributed by atoms with E-state index < -0.39 is 0 Å². The molecule has 0 radical (unpaired) electrons. The molecule has 4 atom stereocenters. The van der Waals surface area contributed by atoms with Crippen LogP contribution in [0.4, 0.5) is 0 Å². The molecule has 0 saturated heterocycles. The molecule has 0 aliphatic heterocycles. The Morgan fingerprint density at radius 1 is 0.333 bits per heavy atom. The second-order valence-electron chi connectivity index (χ2n) is 14.5. The highest BCUT2D eigenvalue weighted by atomic mass is 16.1. The summed E-state index contributed by atoms with van der Waals surface area (Å²) in [7, 11) is 0. The smallest absolute Gasteiger partial charge is 0.156 e. The minimum atomic E-state index is -0.322. The van der Waals surface area contributed by atoms with Gasteiger partial charge in [-0.1, -0.05) is 121 Å². The first-order valence-electron chi connectivity index (χ1n) is 17.2. The van der Waals surface area contributed by atoms with Gasteiger partial charge >= 0.3 is 0 Å². The maximum absolute atomic E-state index is 16.0. The summed E-state index contributed by atoms with van der Waals surface area (Å²) in [5.74, 6) is -0.0554. The average Bonchev–Trinajstić information content (AvgIpc) is 3.65. The summed E-state index contributed by atoms with van der Waals surface area (Å²) in [4.78, 5) is 16.0. The fourth-order valence-electron chi connectivity index (χ4n) is 11.1. The van der Waals surface area contributed by atoms with Gasteiger partial charge in [0.2, 0.25) is 0 Å². The Labute approximate surface area is 277 Å². The molecule has 8 aromatic rings. The molecule has 0 heterocycles. The van der Waals surface area contributed by atoms with E-state index in [2.05, 4.69) is 133 Å². The molecule has 5 aliphatic carbocycles. The molecule has 1 heteroatoms. The van der Waals surface area contributed by atoms with Gasteiger partial charge in [0, 0.05) is 11.8 Å². The Morgan fingerprint density at radius 2 is 0.792 bits per heavy atom. The van der Waals surface area contributed by atoms with E-state index in [4.69, 9.17) is 0 Å². The third kappa shape index (κ3) is 2.53. The third-order valence-corrected chi connectivity index (χ3v) is 12.6. The topological polar surface area (TPSA) is 17.1 Å². The van der Waals surface area contributed by atoms with Crippen molar-refractivity contribution >= 4 is 38.1 Å². The minimum Gasteiger partial charge on any atom is -0.298 e. The van der Waals surface area contributed by atoms with Crippen LogP contribution in [0.3, 0.4) is 0 Å². The Morgan fingerprint density at radius 3 is 1.31 bits per heavy atom. The van der Waals surface area contributed by atoms with Crippen LogP contribution in [0.2, 0.25) is 0 Å². The van der Waals surface area contributed by atoms with Gasteiger partial charge in [-0.05, 0) is 122 Å². The Balaban J connectivity index is 1.29. The van der Waals surface area contributed by atoms with Crippen LogP contribution in [0.15, 0.2) is 133 Å². The first-order valence-corrected chi connectivity index (χ1v) is 17.2. The van der Waals surface area contributed by atoms with Crippen LogP contribution in [0.5, 0.6) is 0 Å². The number of rotatable bonds is 0. The fraction of sp³-hybridized carbons (Fsp3) is 0.0851. The largest absolute Gasteiger partial charge is 0.298 e. The zero-order valence-electron chi connectivity index (χ0n) is 25.9. The van der Waals surface area contributed by atoms with Crippen LogP contribution < -0.4 is 0 Å². The lowest BCUT2D eigenvalue weighted by molar-refractivity contribution is -0.120. The van der Waals surface area contributed by atoms with Crippen molar-refractivity contribution in [3.05, 3.63) is 189 Å². The Bertz CT molecular complexity index is 2700. The van der Waals surface area contributed by atoms with Gasteiger partial charge in [-0.25, -0.2) is 0 Å². The van der Waals surface area contributed by atoms with Crippen molar-refractivity contribution < 1.29 is 4.79 Å². The minimum absolute atomic E-state index is 0.126. The zero-order chi connectivity index (χ0) is 31.0. The number of hydrogen-bond acceptors (Lipinski definition) is 1. The number of benzene rings is 8. The second-order valence-corrected chi connectivity index (χ2v) is 14.5. The summed E-state index contributed by atoms with van der Waals surface area (Å²) in [5.41, 5.74) is 18.3. The lowest BCUT2D eigenvalue weighted by atomic mass is 9.58. The fourth-order valence-corrected chi connectivity index (χ4v) is 11.1. The predicted octanol–water partition coefficient (Wildman–Crippen LogP) is 10.9. The van der Waals surface area contributed by atoms with Gasteiger partial charge in [-0.2, -0.15) is 0 Å². The van der Waals surface area contributed by atoms with Crippen molar-refractivity contribution in [3.8, 4) is 22.3 Å². The highest BCUT2D eigenvalue weighted by molar-refractivity contribution is 6.18. The quantitative estimate of drug-likeness (QED) is 0.168. The molecule has 48 heavy (non-hydrogen) atoms. The molecule has 0 aromatic heterocycles. The maximum Gasteiger partial charge on any atom is 0.156 e. The van der Waals surface area contributed by atoms with Crippen LogP contribution in [-0.4, -0.2) is 5.78 Å². The number of hydrogen-bond donors (Lipinski definition) is 0. The molecule has 0 fully saturated rings. The molecule has 0 saturated carbocycles. The second kappa shape index (κ2) is 8.01. The molecular weight excluding hydrogens is 581 g/mol. The number of carbonyl (C=O) groups excluding carboxylic acids is 1. The average molecular weight is 607 g/mol. The van der Waals surface area contributed by atoms with Crippen molar-refractivity contribution in [1.29, 1.82) is 0 Å². The maximum atomic E-state index is 16.0. The number of fused-ring (bicyclic) bond motifs is 16. The number of carbonyl (C=O) groups is 1. The summed E-state index contributed by atoms with van der Waals surface area (Å²) in [6.07, 6.45) is 0. The molecule has 0 bridgehead atoms. The molecule has 220 valence electrons. The molecule has 0 amide bonds. The first kappa shape index (κ1) is 24.4. The van der Waals surface area contributed by atoms with Crippen molar-refractivity contribution in [2.24, 2.45) is 0 Å². The molecule has 1 nitrogen and oxygen atoms in total. The van der Waals surface area contributed by atoms with Gasteiger partial charge in [0.05, 0.1) is 11.8 Å². The number of ketones is 1. The molecule has 13 rings (SSSR count). The molecule has 4 unspecified atom stereocenters. The number of Topliss-reactive ketones (excluding diaryl/α,β-unsaturated/α-hetero) is 1. The van der Waals surface area contributed by atoms with Gasteiger partial charge in [-0.3, -0.25) is 4.79 Å². The summed E-state index contributed by atoms with van der Waals surface area (Å²) < 4.78 is 0. The van der Waals surface area contributed by atoms with E-state index in [0.29, 0.717) is 5.78 Å². The molecule has 8 aromatic carbocycles. The van der Waals surface area contributed by atoms with Crippen molar-refractivity contribution in [3.63, 3.8) is 0 Å². The van der Waals surface area contributed by atoms with Gasteiger partial charge in [0.25, 0.3) is 0 Å². The summed E-state index contributed by atoms with van der Waals surface area (Å²) >= 11 is 0. The molecule has 0 spiro atoms. The predicted molar refractivity (Wildman–Crippen MR) is 193 cm³/mol. The van der Waals surface area contributed by atoms with Crippen LogP contribution in [0, 0.1) is 0 Å². The summed E-state index contributed by atoms with van der Waals surface area (Å²) in [6.45, 7) is 0. The van der Waals surface area contributed by atoms with Gasteiger partial charge in [0.15, 0.2) is 5.78 Å². The standard InChI is InChI=1S/C47H26O/c48-47-45-37-26-11-3-1-9-23(26)17-19-32(37)39-30-15-7-5-13-28(30)34-21-25-22-35-29-14-6-8-16-31(29)40-33-20-18-24-10-2-4-12-27(24)38(33)46(47)44(42(35)40)36(25)43(45)41(34)39/h1-22,39-40,45-46H. The van der Waals surface area contributed by atoms with E-state index in [1.54, 1.807) is 0 Å². The monoisotopic (exact) mass is 606 g/mol. The van der Waals surface area contributed by atoms with E-state index in [-0.39, 0.29) is 23.7 Å². The van der Waals surface area contributed by atoms with Crippen LogP contribution in [0.1, 0.15) is 79.3 Å². The van der Waals surface area contributed by atoms with E-state index in [1.807, 2.05) is 0 Å². The van der Waals surface area contributed by atoms with Crippen LogP contribution >= 0.6 is 0 Å². The van der Waals surface area contributed by atoms with E-state index >= 15 is 4.79 Å². The molecule has 0 N–H and O–H groups in total. The van der Waals surface area contributed by atoms with Crippen molar-refractivity contribution in [2.75, 3.05) is 0 Å². The highest BCUT2D eigenvalue weighted by Crippen LogP contribution is 2.66. The SMILES string of the molecule is O=C1C2c3c(ccc4ccccc34)C3c4ccccc4-c4cc5cc6c7c(c5c2c43)C1c1c(ccc2ccccc12)C7c1ccccc1-6. The van der Waals surface area contributed by atoms with E-state index in [9.17, 15) is 0 Å². The zero-order valence-corrected chi connectivity index (χ0v) is 25.9. The molecular formula is C47H26O. The Hall–Kier alpha value is -5.79. The van der Waals surface area contributed by atoms with Gasteiger partial charge < -0.3 is 0 Å². The van der Waals surface area contributed by atoms with Crippen LogP contribution in [0.25, 0.3) is 54.6 Å². The lowest BCUT2D eigenvalue weighted by Crippen LogP contribution is -2.35. The lowest BCUT2D eigenvalue weighted by Gasteiger charge is -2.43. The highest BCUT2D eigenvalue weighted by Gasteiger charge is 2.53. The summed E-state index contributed by atoms with van der Waals surface area (Å²) in [6, 6.07) is 49.6. The van der Waals surface area contributed by atoms with E-state index in [1.165, 1.54) is 110 Å². The third-order valence-electron chi connectivity index (χ3n) is 12.6. The summed E-state index contributed by atoms with van der Waals surface area (Å²) in [5, 5.41) is 7.46. The normalized spacial score (nSPS) is 21.0. The van der Waals surface area contributed by atoms with Gasteiger partial charge in [-0.15, -0.1) is 0 Å². The molecule has 5 aliphatic rings.